The molecule has 0 bridgehead atoms. The number of likely N-dealkylation sites (N-methyl/N-ethyl adjacent to an activating group) is 1. The average molecular weight is 695 g/mol. The van der Waals surface area contributed by atoms with Crippen molar-refractivity contribution in [2.75, 3.05) is 56.4 Å². The third kappa shape index (κ3) is 10.1. The number of methoxy groups -OCH3 is 1. The van der Waals surface area contributed by atoms with Gasteiger partial charge in [0.25, 0.3) is 5.91 Å². The van der Waals surface area contributed by atoms with Crippen LogP contribution < -0.4 is 25.4 Å². The van der Waals surface area contributed by atoms with E-state index in [4.69, 9.17) is 18.7 Å². The van der Waals surface area contributed by atoms with E-state index < -0.39 is 18.2 Å². The number of anilines is 3. The third-order valence-electron chi connectivity index (χ3n) is 8.72. The number of hydrogen-bond donors (Lipinski definition) is 4. The monoisotopic (exact) mass is 694 g/mol. The molecule has 0 spiro atoms. The zero-order valence-electron chi connectivity index (χ0n) is 29.9. The van der Waals surface area contributed by atoms with Gasteiger partial charge in [-0.05, 0) is 89.4 Å². The summed E-state index contributed by atoms with van der Waals surface area (Å²) in [6.07, 6.45) is 1.70. The number of aliphatic hydroxyl groups is 1. The Kier molecular flexibility index (Phi) is 13.5. The number of nitrogens with zero attached hydrogens (tertiary/aromatic N) is 3. The Morgan fingerprint density at radius 2 is 1.80 bits per heavy atom. The molecule has 4 rings (SSSR count). The SMILES string of the molecule is COc1ccc(NC(=O)N(C)C[C@H]2OCCCC[C@@H](C)Oc3ccc(NC(=O)Nc4c(C)noc4C)cc3C(=O)N([C@H](C)CO)C[C@H]2C)cc1. The van der Waals surface area contributed by atoms with Crippen LogP contribution in [0.5, 0.6) is 11.5 Å². The summed E-state index contributed by atoms with van der Waals surface area (Å²) in [5.74, 6) is 0.911. The molecule has 272 valence electrons. The Hall–Kier alpha value is -4.82. The molecule has 50 heavy (non-hydrogen) atoms. The first-order chi connectivity index (χ1) is 23.9. The summed E-state index contributed by atoms with van der Waals surface area (Å²) in [7, 11) is 3.28. The third-order valence-corrected chi connectivity index (χ3v) is 8.72. The van der Waals surface area contributed by atoms with Gasteiger partial charge < -0.3 is 49.6 Å². The topological polar surface area (TPSA) is 168 Å². The Labute approximate surface area is 293 Å². The summed E-state index contributed by atoms with van der Waals surface area (Å²) in [4.78, 5) is 43.6. The molecule has 1 aliphatic heterocycles. The maximum absolute atomic E-state index is 14.4. The number of aryl methyl sites for hydroxylation is 2. The Morgan fingerprint density at radius 3 is 2.46 bits per heavy atom. The van der Waals surface area contributed by atoms with Crippen molar-refractivity contribution in [3.8, 4) is 11.5 Å². The number of urea groups is 2. The van der Waals surface area contributed by atoms with Gasteiger partial charge >= 0.3 is 12.1 Å². The van der Waals surface area contributed by atoms with Crippen molar-refractivity contribution >= 4 is 35.0 Å². The maximum atomic E-state index is 14.4. The second-order valence-electron chi connectivity index (χ2n) is 12.8. The molecule has 0 unspecified atom stereocenters. The van der Waals surface area contributed by atoms with E-state index in [0.29, 0.717) is 46.6 Å². The van der Waals surface area contributed by atoms with E-state index in [1.807, 2.05) is 13.8 Å². The zero-order chi connectivity index (χ0) is 36.4. The van der Waals surface area contributed by atoms with Crippen molar-refractivity contribution in [2.24, 2.45) is 5.92 Å². The van der Waals surface area contributed by atoms with Crippen LogP contribution in [0.15, 0.2) is 47.0 Å². The predicted octanol–water partition coefficient (Wildman–Crippen LogP) is 5.90. The number of carbonyl (C=O) groups excluding carboxylic acids is 3. The van der Waals surface area contributed by atoms with Gasteiger partial charge in [-0.25, -0.2) is 9.59 Å². The molecule has 2 heterocycles. The highest BCUT2D eigenvalue weighted by Crippen LogP contribution is 2.29. The lowest BCUT2D eigenvalue weighted by Gasteiger charge is -2.35. The molecule has 3 aromatic rings. The molecule has 14 nitrogen and oxygen atoms in total. The van der Waals surface area contributed by atoms with Crippen molar-refractivity contribution < 1.29 is 38.2 Å². The van der Waals surface area contributed by atoms with Crippen LogP contribution in [-0.2, 0) is 4.74 Å². The van der Waals surface area contributed by atoms with E-state index in [1.54, 1.807) is 87.2 Å². The van der Waals surface area contributed by atoms with Gasteiger partial charge in [0.2, 0.25) is 0 Å². The predicted molar refractivity (Wildman–Crippen MR) is 190 cm³/mol. The number of fused-ring (bicyclic) bond motifs is 1. The van der Waals surface area contributed by atoms with Crippen LogP contribution in [0.25, 0.3) is 0 Å². The van der Waals surface area contributed by atoms with E-state index >= 15 is 0 Å². The molecule has 1 aliphatic rings. The summed E-state index contributed by atoms with van der Waals surface area (Å²) in [5.41, 5.74) is 2.24. The summed E-state index contributed by atoms with van der Waals surface area (Å²) in [5, 5.41) is 22.5. The lowest BCUT2D eigenvalue weighted by atomic mass is 10.0. The molecule has 0 radical (unpaired) electrons. The molecule has 0 saturated carbocycles. The summed E-state index contributed by atoms with van der Waals surface area (Å²) in [6.45, 7) is 9.77. The molecule has 14 heteroatoms. The van der Waals surface area contributed by atoms with E-state index in [1.165, 1.54) is 0 Å². The molecule has 4 atom stereocenters. The normalized spacial score (nSPS) is 19.3. The highest BCUT2D eigenvalue weighted by atomic mass is 16.5. The van der Waals surface area contributed by atoms with Crippen LogP contribution in [0.1, 0.15) is 61.8 Å². The maximum Gasteiger partial charge on any atom is 0.323 e. The van der Waals surface area contributed by atoms with Crippen LogP contribution in [-0.4, -0.2) is 96.7 Å². The average Bonchev–Trinajstić information content (AvgIpc) is 3.41. The number of aromatic nitrogens is 1. The highest BCUT2D eigenvalue weighted by molar-refractivity contribution is 6.03. The standard InChI is InChI=1S/C36H50N6O8/c1-22-19-42(23(2)21-43)34(44)30-18-28(37-35(45)39-33-25(4)40-50-26(33)5)13-16-31(30)49-24(3)10-8-9-17-48-32(22)20-41(6)36(46)38-27-11-14-29(47-7)15-12-27/h11-16,18,22-24,32,43H,8-10,17,19-21H2,1-7H3,(H,38,46)(H2,37,39,45)/t22-,23-,24-,32-/m1/s1. The molecule has 0 aliphatic carbocycles. The van der Waals surface area contributed by atoms with E-state index in [-0.39, 0.29) is 49.2 Å². The van der Waals surface area contributed by atoms with Crippen LogP contribution in [0, 0.1) is 19.8 Å². The Bertz CT molecular complexity index is 1580. The smallest absolute Gasteiger partial charge is 0.323 e. The van der Waals surface area contributed by atoms with Crippen molar-refractivity contribution in [2.45, 2.75) is 72.1 Å². The fourth-order valence-corrected chi connectivity index (χ4v) is 5.65. The molecule has 5 amide bonds. The molecule has 0 fully saturated rings. The zero-order valence-corrected chi connectivity index (χ0v) is 29.9. The van der Waals surface area contributed by atoms with Crippen LogP contribution in [0.2, 0.25) is 0 Å². The molecular formula is C36H50N6O8. The van der Waals surface area contributed by atoms with Gasteiger partial charge in [-0.15, -0.1) is 0 Å². The minimum Gasteiger partial charge on any atom is -0.497 e. The Morgan fingerprint density at radius 1 is 1.08 bits per heavy atom. The second-order valence-corrected chi connectivity index (χ2v) is 12.8. The quantitative estimate of drug-likeness (QED) is 0.224. The second kappa shape index (κ2) is 17.7. The van der Waals surface area contributed by atoms with Crippen molar-refractivity contribution in [3.63, 3.8) is 0 Å². The molecule has 0 saturated heterocycles. The number of aliphatic hydroxyl groups excluding tert-OH is 1. The van der Waals surface area contributed by atoms with Crippen molar-refractivity contribution in [1.29, 1.82) is 0 Å². The summed E-state index contributed by atoms with van der Waals surface area (Å²) >= 11 is 0. The van der Waals surface area contributed by atoms with Crippen LogP contribution >= 0.6 is 0 Å². The number of carbonyl (C=O) groups is 3. The van der Waals surface area contributed by atoms with Gasteiger partial charge in [-0.3, -0.25) is 4.79 Å². The lowest BCUT2D eigenvalue weighted by molar-refractivity contribution is -0.0115. The van der Waals surface area contributed by atoms with Crippen LogP contribution in [0.4, 0.5) is 26.7 Å². The van der Waals surface area contributed by atoms with Gasteiger partial charge in [0, 0.05) is 44.0 Å². The van der Waals surface area contributed by atoms with Gasteiger partial charge in [0.05, 0.1) is 37.5 Å². The minimum absolute atomic E-state index is 0.211. The van der Waals surface area contributed by atoms with Crippen molar-refractivity contribution in [3.05, 3.63) is 59.5 Å². The fourth-order valence-electron chi connectivity index (χ4n) is 5.65. The first kappa shape index (κ1) is 38.0. The van der Waals surface area contributed by atoms with Crippen molar-refractivity contribution in [1.82, 2.24) is 15.0 Å². The fraction of sp³-hybridized carbons (Fsp3) is 0.500. The summed E-state index contributed by atoms with van der Waals surface area (Å²) < 4.78 is 23.0. The van der Waals surface area contributed by atoms with Crippen LogP contribution in [0.3, 0.4) is 0 Å². The van der Waals surface area contributed by atoms with Gasteiger partial charge in [-0.1, -0.05) is 12.1 Å². The van der Waals surface area contributed by atoms with E-state index in [9.17, 15) is 19.5 Å². The molecule has 4 N–H and O–H groups in total. The summed E-state index contributed by atoms with van der Waals surface area (Å²) in [6, 6.07) is 10.6. The first-order valence-corrected chi connectivity index (χ1v) is 16.9. The molecule has 1 aromatic heterocycles. The van der Waals surface area contributed by atoms with Gasteiger partial charge in [0.15, 0.2) is 5.76 Å². The van der Waals surface area contributed by atoms with Gasteiger partial charge in [0.1, 0.15) is 22.9 Å². The first-order valence-electron chi connectivity index (χ1n) is 16.9. The highest BCUT2D eigenvalue weighted by Gasteiger charge is 2.31. The number of amides is 5. The number of hydrogen-bond acceptors (Lipinski definition) is 9. The number of benzene rings is 2. The molecule has 2 aromatic carbocycles. The lowest BCUT2D eigenvalue weighted by Crippen LogP contribution is -2.48. The van der Waals surface area contributed by atoms with Gasteiger partial charge in [-0.2, -0.15) is 0 Å². The molecular weight excluding hydrogens is 644 g/mol. The minimum atomic E-state index is -0.556. The number of rotatable bonds is 8. The number of nitrogens with one attached hydrogen (secondary N) is 3. The number of ether oxygens (including phenoxy) is 3. The largest absolute Gasteiger partial charge is 0.497 e. The Balaban J connectivity index is 1.57. The van der Waals surface area contributed by atoms with E-state index in [2.05, 4.69) is 21.1 Å². The van der Waals surface area contributed by atoms with E-state index in [0.717, 1.165) is 19.3 Å².